The molecule has 0 unspecified atom stereocenters. The van der Waals surface area contributed by atoms with Gasteiger partial charge in [0.1, 0.15) is 0 Å². The standard InChI is InChI=1S/C10H6NOS2/c11-9-7(3-5-13)1-2-8(4-6-14)10(9)12/h1-2,13-14H,11H2. The fourth-order valence-corrected chi connectivity index (χ4v) is 1.17. The Kier molecular flexibility index (Phi) is 3.64. The van der Waals surface area contributed by atoms with Crippen molar-refractivity contribution in [3.8, 4) is 28.1 Å². The molecule has 0 spiro atoms. The fraction of sp³-hybridized carbons (Fsp3) is 0. The molecule has 2 N–H and O–H groups in total. The topological polar surface area (TPSA) is 45.9 Å². The summed E-state index contributed by atoms with van der Waals surface area (Å²) in [6, 6.07) is 3.20. The lowest BCUT2D eigenvalue weighted by Gasteiger charge is -2.00. The largest absolute Gasteiger partial charge is 0.395 e. The van der Waals surface area contributed by atoms with Crippen molar-refractivity contribution >= 4 is 30.9 Å². The number of thiol groups is 2. The predicted octanol–water partition coefficient (Wildman–Crippen LogP) is 1.89. The van der Waals surface area contributed by atoms with Crippen LogP contribution in [-0.4, -0.2) is 0 Å². The number of benzene rings is 1. The highest BCUT2D eigenvalue weighted by Crippen LogP contribution is 2.28. The van der Waals surface area contributed by atoms with Gasteiger partial charge in [-0.2, -0.15) is 0 Å². The lowest BCUT2D eigenvalue weighted by atomic mass is 10.1. The molecular weight excluding hydrogens is 214 g/mol. The Morgan fingerprint density at radius 3 is 2.14 bits per heavy atom. The van der Waals surface area contributed by atoms with Crippen molar-refractivity contribution in [2.24, 2.45) is 0 Å². The number of rotatable bonds is 0. The van der Waals surface area contributed by atoms with Gasteiger partial charge in [0, 0.05) is 0 Å². The van der Waals surface area contributed by atoms with E-state index in [0.29, 0.717) is 11.1 Å². The van der Waals surface area contributed by atoms with Crippen molar-refractivity contribution in [3.05, 3.63) is 23.3 Å². The van der Waals surface area contributed by atoms with Crippen LogP contribution in [0.3, 0.4) is 0 Å². The summed E-state index contributed by atoms with van der Waals surface area (Å²) >= 11 is 7.42. The Balaban J connectivity index is 3.35. The zero-order valence-electron chi connectivity index (χ0n) is 7.03. The molecule has 0 amide bonds. The van der Waals surface area contributed by atoms with E-state index >= 15 is 0 Å². The summed E-state index contributed by atoms with van der Waals surface area (Å²) < 4.78 is 0. The predicted molar refractivity (Wildman–Crippen MR) is 62.7 cm³/mol. The van der Waals surface area contributed by atoms with Crippen LogP contribution in [-0.2, 0) is 5.11 Å². The highest BCUT2D eigenvalue weighted by atomic mass is 32.1. The Morgan fingerprint density at radius 1 is 1.07 bits per heavy atom. The molecule has 0 aliphatic rings. The molecule has 0 saturated carbocycles. The van der Waals surface area contributed by atoms with E-state index in [2.05, 4.69) is 47.6 Å². The lowest BCUT2D eigenvalue weighted by Crippen LogP contribution is -1.92. The molecule has 0 aliphatic heterocycles. The molecule has 0 bridgehead atoms. The van der Waals surface area contributed by atoms with Gasteiger partial charge in [-0.05, 0) is 22.6 Å². The van der Waals surface area contributed by atoms with Crippen LogP contribution in [0.25, 0.3) is 0 Å². The van der Waals surface area contributed by atoms with Gasteiger partial charge in [0.2, 0.25) is 5.75 Å². The summed E-state index contributed by atoms with van der Waals surface area (Å²) in [5.41, 5.74) is 6.44. The van der Waals surface area contributed by atoms with Crippen LogP contribution in [0, 0.1) is 22.3 Å². The van der Waals surface area contributed by atoms with Gasteiger partial charge in [-0.15, -0.1) is 0 Å². The van der Waals surface area contributed by atoms with Crippen molar-refractivity contribution < 1.29 is 5.11 Å². The van der Waals surface area contributed by atoms with Crippen LogP contribution in [0.15, 0.2) is 12.1 Å². The third kappa shape index (κ3) is 2.11. The minimum Gasteiger partial charge on any atom is -0.395 e. The monoisotopic (exact) mass is 220 g/mol. The highest BCUT2D eigenvalue weighted by molar-refractivity contribution is 7.85. The van der Waals surface area contributed by atoms with Gasteiger partial charge in [-0.3, -0.25) is 5.11 Å². The van der Waals surface area contributed by atoms with Crippen molar-refractivity contribution in [1.29, 1.82) is 0 Å². The first kappa shape index (κ1) is 10.7. The molecule has 0 fully saturated rings. The molecule has 4 heteroatoms. The Bertz CT molecular complexity index is 430. The van der Waals surface area contributed by atoms with Gasteiger partial charge in [0.05, 0.1) is 16.8 Å². The number of nitrogens with two attached hydrogens (primary N) is 1. The Morgan fingerprint density at radius 2 is 1.57 bits per heavy atom. The maximum atomic E-state index is 11.5. The van der Waals surface area contributed by atoms with E-state index in [4.69, 9.17) is 5.73 Å². The molecular formula is C10H6NOS2. The minimum atomic E-state index is -0.319. The summed E-state index contributed by atoms with van der Waals surface area (Å²) in [7, 11) is 0. The van der Waals surface area contributed by atoms with Crippen molar-refractivity contribution in [3.63, 3.8) is 0 Å². The molecule has 0 saturated heterocycles. The van der Waals surface area contributed by atoms with E-state index in [1.807, 2.05) is 0 Å². The molecule has 0 aromatic heterocycles. The first-order valence-electron chi connectivity index (χ1n) is 3.60. The second-order valence-electron chi connectivity index (χ2n) is 2.38. The molecule has 1 aromatic carbocycles. The third-order valence-corrected chi connectivity index (χ3v) is 1.80. The van der Waals surface area contributed by atoms with Crippen molar-refractivity contribution in [2.45, 2.75) is 0 Å². The molecule has 1 rings (SSSR count). The van der Waals surface area contributed by atoms with Crippen LogP contribution >= 0.6 is 25.3 Å². The van der Waals surface area contributed by atoms with E-state index < -0.39 is 0 Å². The van der Waals surface area contributed by atoms with E-state index in [1.165, 1.54) is 0 Å². The SMILES string of the molecule is Nc1c(C#CS)ccc(C#CS)c1[O]. The maximum Gasteiger partial charge on any atom is 0.218 e. The summed E-state index contributed by atoms with van der Waals surface area (Å²) in [6.07, 6.45) is 0. The molecule has 14 heavy (non-hydrogen) atoms. The first-order valence-corrected chi connectivity index (χ1v) is 4.50. The summed E-state index contributed by atoms with van der Waals surface area (Å²) in [4.78, 5) is 0. The van der Waals surface area contributed by atoms with Gasteiger partial charge in [0.25, 0.3) is 0 Å². The molecule has 0 aliphatic carbocycles. The van der Waals surface area contributed by atoms with E-state index in [1.54, 1.807) is 12.1 Å². The summed E-state index contributed by atoms with van der Waals surface area (Å²) in [5.74, 6) is 4.83. The van der Waals surface area contributed by atoms with Gasteiger partial charge < -0.3 is 5.73 Å². The fourth-order valence-electron chi connectivity index (χ4n) is 0.927. The van der Waals surface area contributed by atoms with Crippen LogP contribution in [0.1, 0.15) is 11.1 Å². The molecule has 69 valence electrons. The number of anilines is 1. The number of nitrogen functional groups attached to an aromatic ring is 1. The molecule has 1 aromatic rings. The van der Waals surface area contributed by atoms with Crippen LogP contribution < -0.4 is 5.73 Å². The third-order valence-electron chi connectivity index (χ3n) is 1.58. The van der Waals surface area contributed by atoms with Crippen LogP contribution in [0.4, 0.5) is 5.69 Å². The molecule has 2 nitrogen and oxygen atoms in total. The van der Waals surface area contributed by atoms with Gasteiger partial charge in [-0.25, -0.2) is 0 Å². The second kappa shape index (κ2) is 4.76. The summed E-state index contributed by atoms with van der Waals surface area (Å²) in [5, 5.41) is 16.2. The normalized spacial score (nSPS) is 8.14. The zero-order valence-corrected chi connectivity index (χ0v) is 8.82. The van der Waals surface area contributed by atoms with E-state index in [-0.39, 0.29) is 11.4 Å². The Labute approximate surface area is 93.3 Å². The first-order chi connectivity index (χ1) is 6.70. The van der Waals surface area contributed by atoms with Crippen LogP contribution in [0.5, 0.6) is 5.75 Å². The highest BCUT2D eigenvalue weighted by Gasteiger charge is 2.08. The van der Waals surface area contributed by atoms with Crippen LogP contribution in [0.2, 0.25) is 0 Å². The van der Waals surface area contributed by atoms with E-state index in [0.717, 1.165) is 0 Å². The minimum absolute atomic E-state index is 0.0973. The molecule has 0 heterocycles. The molecule has 0 atom stereocenters. The average Bonchev–Trinajstić information content (AvgIpc) is 2.18. The van der Waals surface area contributed by atoms with Gasteiger partial charge in [-0.1, -0.05) is 37.1 Å². The Hall–Kier alpha value is -1.36. The van der Waals surface area contributed by atoms with Crippen molar-refractivity contribution in [1.82, 2.24) is 0 Å². The average molecular weight is 220 g/mol. The quantitative estimate of drug-likeness (QED) is 0.349. The second-order valence-corrected chi connectivity index (χ2v) is 2.82. The maximum absolute atomic E-state index is 11.5. The number of hydrogen-bond acceptors (Lipinski definition) is 3. The van der Waals surface area contributed by atoms with E-state index in [9.17, 15) is 5.11 Å². The summed E-state index contributed by atoms with van der Waals surface area (Å²) in [6.45, 7) is 0. The zero-order chi connectivity index (χ0) is 10.6. The smallest absolute Gasteiger partial charge is 0.218 e. The lowest BCUT2D eigenvalue weighted by molar-refractivity contribution is 0.356. The van der Waals surface area contributed by atoms with Crippen molar-refractivity contribution in [2.75, 3.05) is 5.73 Å². The molecule has 1 radical (unpaired) electrons. The van der Waals surface area contributed by atoms with Gasteiger partial charge >= 0.3 is 0 Å². The number of hydrogen-bond donors (Lipinski definition) is 3. The van der Waals surface area contributed by atoms with Gasteiger partial charge in [0.15, 0.2) is 0 Å².